The smallest absolute Gasteiger partial charge is 0.146 e. The lowest BCUT2D eigenvalue weighted by Gasteiger charge is -2.44. The van der Waals surface area contributed by atoms with Gasteiger partial charge in [-0.1, -0.05) is 19.1 Å². The van der Waals surface area contributed by atoms with Crippen LogP contribution in [0.1, 0.15) is 32.8 Å². The summed E-state index contributed by atoms with van der Waals surface area (Å²) in [5.74, 6) is -0.143. The maximum atomic E-state index is 14.4. The van der Waals surface area contributed by atoms with Crippen molar-refractivity contribution in [3.63, 3.8) is 0 Å². The molecule has 0 radical (unpaired) electrons. The summed E-state index contributed by atoms with van der Waals surface area (Å²) in [6, 6.07) is 5.34. The van der Waals surface area contributed by atoms with Crippen LogP contribution in [-0.4, -0.2) is 31.8 Å². The molecule has 112 valence electrons. The van der Waals surface area contributed by atoms with Gasteiger partial charge in [0, 0.05) is 13.1 Å². The fraction of sp³-hybridized carbons (Fsp3) is 0.625. The third-order valence-corrected chi connectivity index (χ3v) is 3.73. The van der Waals surface area contributed by atoms with Crippen molar-refractivity contribution in [2.24, 2.45) is 0 Å². The highest BCUT2D eigenvalue weighted by Crippen LogP contribution is 2.32. The largest absolute Gasteiger partial charge is 0.377 e. The summed E-state index contributed by atoms with van der Waals surface area (Å²) in [5, 5.41) is 3.36. The van der Waals surface area contributed by atoms with Gasteiger partial charge >= 0.3 is 0 Å². The number of nitrogens with one attached hydrogen (secondary N) is 1. The third-order valence-electron chi connectivity index (χ3n) is 3.73. The zero-order chi connectivity index (χ0) is 14.6. The predicted octanol–water partition coefficient (Wildman–Crippen LogP) is 2.94. The van der Waals surface area contributed by atoms with E-state index in [9.17, 15) is 4.39 Å². The Hall–Kier alpha value is -1.13. The molecule has 2 rings (SSSR count). The first-order chi connectivity index (χ1) is 9.56. The molecule has 0 aliphatic carbocycles. The summed E-state index contributed by atoms with van der Waals surface area (Å²) < 4.78 is 19.9. The summed E-state index contributed by atoms with van der Waals surface area (Å²) in [6.45, 7) is 9.99. The summed E-state index contributed by atoms with van der Waals surface area (Å²) >= 11 is 0. The van der Waals surface area contributed by atoms with E-state index >= 15 is 0 Å². The van der Waals surface area contributed by atoms with Gasteiger partial charge in [0.2, 0.25) is 0 Å². The number of benzene rings is 1. The molecular formula is C16H25FN2O. The number of rotatable bonds is 5. The molecule has 4 heteroatoms. The van der Waals surface area contributed by atoms with Crippen LogP contribution in [0.2, 0.25) is 0 Å². The lowest BCUT2D eigenvalue weighted by molar-refractivity contribution is 0.0638. The fourth-order valence-electron chi connectivity index (χ4n) is 2.68. The van der Waals surface area contributed by atoms with E-state index in [1.807, 2.05) is 6.07 Å². The number of nitrogens with zero attached hydrogens (tertiary/aromatic N) is 1. The van der Waals surface area contributed by atoms with E-state index in [1.165, 1.54) is 0 Å². The summed E-state index contributed by atoms with van der Waals surface area (Å²) in [7, 11) is 0. The Kier molecular flexibility index (Phi) is 5.00. The molecule has 1 saturated heterocycles. The Labute approximate surface area is 121 Å². The van der Waals surface area contributed by atoms with Gasteiger partial charge in [-0.25, -0.2) is 4.39 Å². The van der Waals surface area contributed by atoms with E-state index < -0.39 is 0 Å². The molecule has 1 aromatic carbocycles. The Morgan fingerprint density at radius 3 is 2.90 bits per heavy atom. The van der Waals surface area contributed by atoms with Crippen LogP contribution in [0.5, 0.6) is 0 Å². The molecule has 20 heavy (non-hydrogen) atoms. The quantitative estimate of drug-likeness (QED) is 0.839. The zero-order valence-electron chi connectivity index (χ0n) is 12.7. The Morgan fingerprint density at radius 2 is 2.20 bits per heavy atom. The van der Waals surface area contributed by atoms with Crippen LogP contribution in [-0.2, 0) is 11.3 Å². The molecule has 1 aromatic rings. The van der Waals surface area contributed by atoms with Gasteiger partial charge in [0.25, 0.3) is 0 Å². The van der Waals surface area contributed by atoms with Gasteiger partial charge < -0.3 is 15.0 Å². The molecule has 0 aromatic heterocycles. The molecule has 3 nitrogen and oxygen atoms in total. The fourth-order valence-corrected chi connectivity index (χ4v) is 2.68. The van der Waals surface area contributed by atoms with Gasteiger partial charge in [-0.3, -0.25) is 0 Å². The van der Waals surface area contributed by atoms with E-state index in [0.717, 1.165) is 30.8 Å². The third kappa shape index (κ3) is 3.30. The van der Waals surface area contributed by atoms with Gasteiger partial charge in [0.05, 0.1) is 24.4 Å². The summed E-state index contributed by atoms with van der Waals surface area (Å²) in [6.07, 6.45) is 1.08. The van der Waals surface area contributed by atoms with E-state index in [2.05, 4.69) is 31.0 Å². The second-order valence-corrected chi connectivity index (χ2v) is 5.94. The molecule has 1 N–H and O–H groups in total. The highest BCUT2D eigenvalue weighted by molar-refractivity contribution is 5.57. The van der Waals surface area contributed by atoms with E-state index in [0.29, 0.717) is 19.8 Å². The first-order valence-corrected chi connectivity index (χ1v) is 7.40. The lowest BCUT2D eigenvalue weighted by Crippen LogP contribution is -2.54. The van der Waals surface area contributed by atoms with Crippen molar-refractivity contribution >= 4 is 5.69 Å². The van der Waals surface area contributed by atoms with Crippen molar-refractivity contribution in [3.05, 3.63) is 29.6 Å². The lowest BCUT2D eigenvalue weighted by atomic mass is 9.99. The van der Waals surface area contributed by atoms with Gasteiger partial charge in [-0.15, -0.1) is 0 Å². The van der Waals surface area contributed by atoms with E-state index in [-0.39, 0.29) is 11.4 Å². The number of halogens is 1. The average Bonchev–Trinajstić information content (AvgIpc) is 2.40. The SMILES string of the molecule is CCCNCc1cccc(F)c1N1CCOCC1(C)C. The number of morpholine rings is 1. The Bertz CT molecular complexity index is 448. The van der Waals surface area contributed by atoms with Gasteiger partial charge in [-0.2, -0.15) is 0 Å². The van der Waals surface area contributed by atoms with Gasteiger partial charge in [-0.05, 0) is 38.4 Å². The summed E-state index contributed by atoms with van der Waals surface area (Å²) in [4.78, 5) is 2.15. The zero-order valence-corrected chi connectivity index (χ0v) is 12.7. The molecule has 1 heterocycles. The molecule has 1 aliphatic rings. The number of anilines is 1. The molecule has 1 aliphatic heterocycles. The van der Waals surface area contributed by atoms with Crippen molar-refractivity contribution in [1.29, 1.82) is 0 Å². The number of ether oxygens (including phenoxy) is 1. The summed E-state index contributed by atoms with van der Waals surface area (Å²) in [5.41, 5.74) is 1.57. The minimum Gasteiger partial charge on any atom is -0.377 e. The molecule has 0 spiro atoms. The molecule has 1 fully saturated rings. The number of para-hydroxylation sites is 1. The van der Waals surface area contributed by atoms with Crippen LogP contribution >= 0.6 is 0 Å². The number of hydrogen-bond acceptors (Lipinski definition) is 3. The van der Waals surface area contributed by atoms with Crippen LogP contribution in [0.4, 0.5) is 10.1 Å². The molecule has 0 bridgehead atoms. The second-order valence-electron chi connectivity index (χ2n) is 5.94. The van der Waals surface area contributed by atoms with Crippen molar-refractivity contribution in [2.75, 3.05) is 31.2 Å². The minimum atomic E-state index is -0.181. The molecular weight excluding hydrogens is 255 g/mol. The first kappa shape index (κ1) is 15.3. The van der Waals surface area contributed by atoms with Crippen LogP contribution in [0.3, 0.4) is 0 Å². The van der Waals surface area contributed by atoms with Crippen molar-refractivity contribution in [3.8, 4) is 0 Å². The second kappa shape index (κ2) is 6.55. The van der Waals surface area contributed by atoms with Crippen LogP contribution in [0.25, 0.3) is 0 Å². The highest BCUT2D eigenvalue weighted by atomic mass is 19.1. The monoisotopic (exact) mass is 280 g/mol. The Balaban J connectivity index is 2.28. The molecule has 0 atom stereocenters. The minimum absolute atomic E-state index is 0.143. The van der Waals surface area contributed by atoms with Crippen LogP contribution in [0, 0.1) is 5.82 Å². The van der Waals surface area contributed by atoms with Crippen LogP contribution in [0.15, 0.2) is 18.2 Å². The van der Waals surface area contributed by atoms with Crippen molar-refractivity contribution < 1.29 is 9.13 Å². The number of hydrogen-bond donors (Lipinski definition) is 1. The standard InChI is InChI=1S/C16H25FN2O/c1-4-8-18-11-13-6-5-7-14(17)15(13)19-9-10-20-12-16(19,2)3/h5-7,18H,4,8-12H2,1-3H3. The van der Waals surface area contributed by atoms with Gasteiger partial charge in [0.15, 0.2) is 0 Å². The molecule has 0 saturated carbocycles. The average molecular weight is 280 g/mol. The molecule has 0 amide bonds. The van der Waals surface area contributed by atoms with E-state index in [1.54, 1.807) is 12.1 Å². The Morgan fingerprint density at radius 1 is 1.40 bits per heavy atom. The maximum absolute atomic E-state index is 14.4. The van der Waals surface area contributed by atoms with Gasteiger partial charge in [0.1, 0.15) is 5.82 Å². The predicted molar refractivity (Wildman–Crippen MR) is 80.6 cm³/mol. The van der Waals surface area contributed by atoms with Crippen molar-refractivity contribution in [2.45, 2.75) is 39.3 Å². The van der Waals surface area contributed by atoms with Crippen LogP contribution < -0.4 is 10.2 Å². The maximum Gasteiger partial charge on any atom is 0.146 e. The normalized spacial score (nSPS) is 18.3. The highest BCUT2D eigenvalue weighted by Gasteiger charge is 2.33. The van der Waals surface area contributed by atoms with E-state index in [4.69, 9.17) is 4.74 Å². The first-order valence-electron chi connectivity index (χ1n) is 7.40. The topological polar surface area (TPSA) is 24.5 Å². The van der Waals surface area contributed by atoms with Crippen molar-refractivity contribution in [1.82, 2.24) is 5.32 Å². The molecule has 0 unspecified atom stereocenters.